The number of carbonyl (C=O) groups is 1. The molecule has 164 valence electrons. The van der Waals surface area contributed by atoms with Crippen LogP contribution in [0, 0.1) is 10.1 Å². The van der Waals surface area contributed by atoms with Crippen LogP contribution in [0.3, 0.4) is 0 Å². The second kappa shape index (κ2) is 10.1. The summed E-state index contributed by atoms with van der Waals surface area (Å²) in [4.78, 5) is 27.7. The monoisotopic (exact) mass is 435 g/mol. The van der Waals surface area contributed by atoms with Crippen LogP contribution in [0.15, 0.2) is 60.8 Å². The van der Waals surface area contributed by atoms with Gasteiger partial charge in [-0.15, -0.1) is 0 Å². The second-order valence-electron chi connectivity index (χ2n) is 6.48. The molecule has 0 amide bonds. The van der Waals surface area contributed by atoms with Crippen molar-refractivity contribution in [2.75, 3.05) is 26.6 Å². The fourth-order valence-electron chi connectivity index (χ4n) is 2.97. The highest BCUT2D eigenvalue weighted by Crippen LogP contribution is 2.31. The number of rotatable bonds is 9. The van der Waals surface area contributed by atoms with Gasteiger partial charge in [0.2, 0.25) is 0 Å². The summed E-state index contributed by atoms with van der Waals surface area (Å²) >= 11 is 0. The SMILES string of the molecule is COc1ccc(Nc2ncccc2C(=O)C=Cc2ccc(OC)c([N+](=O)[O-])c2)cc1OC. The van der Waals surface area contributed by atoms with Gasteiger partial charge in [0.15, 0.2) is 23.0 Å². The number of pyridine rings is 1. The summed E-state index contributed by atoms with van der Waals surface area (Å²) in [5, 5.41) is 14.3. The van der Waals surface area contributed by atoms with E-state index in [1.54, 1.807) is 49.7 Å². The third kappa shape index (κ3) is 5.01. The lowest BCUT2D eigenvalue weighted by Crippen LogP contribution is -2.04. The number of nitrogens with zero attached hydrogens (tertiary/aromatic N) is 2. The van der Waals surface area contributed by atoms with Gasteiger partial charge in [0, 0.05) is 24.0 Å². The standard InChI is InChI=1S/C23H21N3O6/c1-30-20-10-7-15(13-18(20)26(28)29)6-9-19(27)17-5-4-12-24-23(17)25-16-8-11-21(31-2)22(14-16)32-3/h4-14H,1-3H3,(H,24,25). The van der Waals surface area contributed by atoms with E-state index in [2.05, 4.69) is 10.3 Å². The van der Waals surface area contributed by atoms with Crippen LogP contribution < -0.4 is 19.5 Å². The van der Waals surface area contributed by atoms with E-state index in [1.165, 1.54) is 38.5 Å². The summed E-state index contributed by atoms with van der Waals surface area (Å²) in [7, 11) is 4.44. The highest BCUT2D eigenvalue weighted by atomic mass is 16.6. The van der Waals surface area contributed by atoms with Gasteiger partial charge in [-0.3, -0.25) is 14.9 Å². The molecule has 3 aromatic rings. The molecule has 1 heterocycles. The number of benzene rings is 2. The van der Waals surface area contributed by atoms with E-state index in [1.807, 2.05) is 0 Å². The number of allylic oxidation sites excluding steroid dienone is 1. The van der Waals surface area contributed by atoms with Crippen molar-refractivity contribution in [3.05, 3.63) is 82.0 Å². The number of nitrogens with one attached hydrogen (secondary N) is 1. The number of ether oxygens (including phenoxy) is 3. The molecule has 1 N–H and O–H groups in total. The lowest BCUT2D eigenvalue weighted by Gasteiger charge is -2.12. The molecule has 0 atom stereocenters. The van der Waals surface area contributed by atoms with Crippen molar-refractivity contribution in [2.45, 2.75) is 0 Å². The first kappa shape index (κ1) is 22.3. The minimum absolute atomic E-state index is 0.146. The molecule has 0 aliphatic carbocycles. The lowest BCUT2D eigenvalue weighted by molar-refractivity contribution is -0.385. The maximum Gasteiger partial charge on any atom is 0.311 e. The van der Waals surface area contributed by atoms with Crippen LogP contribution in [-0.2, 0) is 0 Å². The maximum absolute atomic E-state index is 12.8. The zero-order valence-corrected chi connectivity index (χ0v) is 17.7. The van der Waals surface area contributed by atoms with E-state index in [0.29, 0.717) is 34.1 Å². The number of aromatic nitrogens is 1. The summed E-state index contributed by atoms with van der Waals surface area (Å²) in [5.74, 6) is 1.29. The molecule has 3 rings (SSSR count). The number of nitro benzene ring substituents is 1. The topological polar surface area (TPSA) is 113 Å². The Labute approximate surface area is 184 Å². The number of methoxy groups -OCH3 is 3. The molecule has 0 unspecified atom stereocenters. The molecule has 0 radical (unpaired) electrons. The van der Waals surface area contributed by atoms with Gasteiger partial charge in [0.25, 0.3) is 0 Å². The Kier molecular flexibility index (Phi) is 7.02. The van der Waals surface area contributed by atoms with Crippen molar-refractivity contribution in [2.24, 2.45) is 0 Å². The first-order chi connectivity index (χ1) is 15.5. The van der Waals surface area contributed by atoms with Gasteiger partial charge < -0.3 is 19.5 Å². The summed E-state index contributed by atoms with van der Waals surface area (Å²) in [6.07, 6.45) is 4.40. The van der Waals surface area contributed by atoms with Gasteiger partial charge in [-0.1, -0.05) is 12.1 Å². The number of carbonyl (C=O) groups excluding carboxylic acids is 1. The zero-order chi connectivity index (χ0) is 23.1. The van der Waals surface area contributed by atoms with Crippen LogP contribution in [-0.4, -0.2) is 37.0 Å². The quantitative estimate of drug-likeness (QED) is 0.224. The van der Waals surface area contributed by atoms with Crippen molar-refractivity contribution in [3.63, 3.8) is 0 Å². The Morgan fingerprint density at radius 1 is 1.00 bits per heavy atom. The molecule has 32 heavy (non-hydrogen) atoms. The molecule has 9 nitrogen and oxygen atoms in total. The molecule has 0 aliphatic heterocycles. The minimum atomic E-state index is -0.537. The molecule has 0 bridgehead atoms. The van der Waals surface area contributed by atoms with Gasteiger partial charge in [-0.25, -0.2) is 4.98 Å². The normalized spacial score (nSPS) is 10.6. The Morgan fingerprint density at radius 3 is 2.41 bits per heavy atom. The highest BCUT2D eigenvalue weighted by molar-refractivity contribution is 6.10. The fraction of sp³-hybridized carbons (Fsp3) is 0.130. The first-order valence-electron chi connectivity index (χ1n) is 9.45. The molecule has 9 heteroatoms. The average molecular weight is 435 g/mol. The largest absolute Gasteiger partial charge is 0.493 e. The van der Waals surface area contributed by atoms with Crippen LogP contribution in [0.2, 0.25) is 0 Å². The Hall–Kier alpha value is -4.40. The fourth-order valence-corrected chi connectivity index (χ4v) is 2.97. The van der Waals surface area contributed by atoms with E-state index in [4.69, 9.17) is 14.2 Å². The van der Waals surface area contributed by atoms with Crippen molar-refractivity contribution in [1.29, 1.82) is 0 Å². The number of anilines is 2. The van der Waals surface area contributed by atoms with Gasteiger partial charge in [-0.05, 0) is 42.0 Å². The molecule has 0 aliphatic rings. The molecule has 0 saturated heterocycles. The van der Waals surface area contributed by atoms with E-state index in [9.17, 15) is 14.9 Å². The smallest absolute Gasteiger partial charge is 0.311 e. The highest BCUT2D eigenvalue weighted by Gasteiger charge is 2.15. The lowest BCUT2D eigenvalue weighted by atomic mass is 10.1. The maximum atomic E-state index is 12.8. The Bertz CT molecular complexity index is 1180. The van der Waals surface area contributed by atoms with E-state index in [0.717, 1.165) is 0 Å². The first-order valence-corrected chi connectivity index (χ1v) is 9.45. The van der Waals surface area contributed by atoms with Crippen LogP contribution >= 0.6 is 0 Å². The summed E-state index contributed by atoms with van der Waals surface area (Å²) < 4.78 is 15.5. The van der Waals surface area contributed by atoms with E-state index < -0.39 is 4.92 Å². The third-order valence-electron chi connectivity index (χ3n) is 4.55. The number of ketones is 1. The second-order valence-corrected chi connectivity index (χ2v) is 6.48. The van der Waals surface area contributed by atoms with Crippen LogP contribution in [0.25, 0.3) is 6.08 Å². The van der Waals surface area contributed by atoms with Crippen LogP contribution in [0.5, 0.6) is 17.2 Å². The number of nitro groups is 1. The van der Waals surface area contributed by atoms with Gasteiger partial charge >= 0.3 is 5.69 Å². The molecular weight excluding hydrogens is 414 g/mol. The molecular formula is C23H21N3O6. The molecule has 2 aromatic carbocycles. The van der Waals surface area contributed by atoms with Crippen LogP contribution in [0.4, 0.5) is 17.2 Å². The predicted octanol–water partition coefficient (Wildman–Crippen LogP) is 4.66. The number of hydrogen-bond donors (Lipinski definition) is 1. The average Bonchev–Trinajstić information content (AvgIpc) is 2.82. The number of hydrogen-bond acceptors (Lipinski definition) is 8. The Balaban J connectivity index is 1.85. The summed E-state index contributed by atoms with van der Waals surface area (Å²) in [6, 6.07) is 13.0. The van der Waals surface area contributed by atoms with E-state index in [-0.39, 0.29) is 17.2 Å². The summed E-state index contributed by atoms with van der Waals surface area (Å²) in [5.41, 5.74) is 1.30. The minimum Gasteiger partial charge on any atom is -0.493 e. The molecule has 0 spiro atoms. The van der Waals surface area contributed by atoms with Gasteiger partial charge in [-0.2, -0.15) is 0 Å². The van der Waals surface area contributed by atoms with Crippen LogP contribution in [0.1, 0.15) is 15.9 Å². The molecule has 0 saturated carbocycles. The molecule has 1 aromatic heterocycles. The van der Waals surface area contributed by atoms with Crippen molar-refractivity contribution in [3.8, 4) is 17.2 Å². The molecule has 0 fully saturated rings. The van der Waals surface area contributed by atoms with E-state index >= 15 is 0 Å². The summed E-state index contributed by atoms with van der Waals surface area (Å²) in [6.45, 7) is 0. The van der Waals surface area contributed by atoms with Gasteiger partial charge in [0.1, 0.15) is 5.82 Å². The Morgan fingerprint density at radius 2 is 1.72 bits per heavy atom. The predicted molar refractivity (Wildman–Crippen MR) is 120 cm³/mol. The van der Waals surface area contributed by atoms with Gasteiger partial charge in [0.05, 0.1) is 31.8 Å². The zero-order valence-electron chi connectivity index (χ0n) is 17.7. The van der Waals surface area contributed by atoms with Crippen molar-refractivity contribution >= 4 is 29.1 Å². The third-order valence-corrected chi connectivity index (χ3v) is 4.55. The van der Waals surface area contributed by atoms with Crippen molar-refractivity contribution in [1.82, 2.24) is 4.98 Å². The van der Waals surface area contributed by atoms with Crippen molar-refractivity contribution < 1.29 is 23.9 Å².